The van der Waals surface area contributed by atoms with E-state index >= 15 is 0 Å². The van der Waals surface area contributed by atoms with E-state index in [2.05, 4.69) is 0 Å². The second kappa shape index (κ2) is 6.64. The molecule has 2 rings (SSSR count). The van der Waals surface area contributed by atoms with Gasteiger partial charge < -0.3 is 4.74 Å². The van der Waals surface area contributed by atoms with Crippen molar-refractivity contribution in [3.8, 4) is 0 Å². The lowest BCUT2D eigenvalue weighted by molar-refractivity contribution is -0.121. The van der Waals surface area contributed by atoms with Gasteiger partial charge in [0.1, 0.15) is 5.78 Å². The molecular formula is C13H22O3S. The standard InChI is InChI=1S/C13H22O3S/c14-13(11-4-2-1-3-5-11)10-17(15)12-6-8-16-9-7-12/h11-12H,1-10H2. The van der Waals surface area contributed by atoms with Gasteiger partial charge >= 0.3 is 0 Å². The van der Waals surface area contributed by atoms with Crippen molar-refractivity contribution in [2.45, 2.75) is 50.2 Å². The van der Waals surface area contributed by atoms with Gasteiger partial charge in [0.25, 0.3) is 0 Å². The van der Waals surface area contributed by atoms with Gasteiger partial charge in [0.15, 0.2) is 0 Å². The van der Waals surface area contributed by atoms with Crippen LogP contribution >= 0.6 is 0 Å². The third kappa shape index (κ3) is 3.88. The lowest BCUT2D eigenvalue weighted by Crippen LogP contribution is -2.31. The third-order valence-corrected chi connectivity index (χ3v) is 5.67. The van der Waals surface area contributed by atoms with Crippen molar-refractivity contribution < 1.29 is 13.7 Å². The SMILES string of the molecule is O=C(CS(=O)C1CCOCC1)C1CCCCC1. The minimum Gasteiger partial charge on any atom is -0.381 e. The van der Waals surface area contributed by atoms with E-state index in [1.54, 1.807) is 0 Å². The maximum Gasteiger partial charge on any atom is 0.148 e. The number of ketones is 1. The summed E-state index contributed by atoms with van der Waals surface area (Å²) in [5.74, 6) is 0.733. The Bertz CT molecular complexity index is 250. The van der Waals surface area contributed by atoms with Crippen LogP contribution in [0.3, 0.4) is 0 Å². The zero-order chi connectivity index (χ0) is 12.1. The number of rotatable bonds is 4. The normalized spacial score (nSPS) is 25.6. The molecule has 1 unspecified atom stereocenters. The van der Waals surface area contributed by atoms with E-state index in [0.29, 0.717) is 13.2 Å². The first-order valence-corrected chi connectivity index (χ1v) is 8.13. The zero-order valence-corrected chi connectivity index (χ0v) is 11.2. The van der Waals surface area contributed by atoms with E-state index in [9.17, 15) is 9.00 Å². The molecule has 0 radical (unpaired) electrons. The van der Waals surface area contributed by atoms with Gasteiger partial charge in [-0.25, -0.2) is 0 Å². The van der Waals surface area contributed by atoms with Gasteiger partial charge in [-0.2, -0.15) is 0 Å². The second-order valence-corrected chi connectivity index (χ2v) is 6.85. The van der Waals surface area contributed by atoms with Gasteiger partial charge in [0, 0.05) is 35.2 Å². The minimum absolute atomic E-state index is 0.191. The lowest BCUT2D eigenvalue weighted by atomic mass is 9.87. The highest BCUT2D eigenvalue weighted by molar-refractivity contribution is 7.86. The minimum atomic E-state index is -0.968. The highest BCUT2D eigenvalue weighted by Gasteiger charge is 2.26. The highest BCUT2D eigenvalue weighted by atomic mass is 32.2. The van der Waals surface area contributed by atoms with Gasteiger partial charge in [-0.3, -0.25) is 9.00 Å². The summed E-state index contributed by atoms with van der Waals surface area (Å²) in [6.07, 6.45) is 7.33. The van der Waals surface area contributed by atoms with Crippen LogP contribution in [-0.2, 0) is 20.3 Å². The molecule has 3 nitrogen and oxygen atoms in total. The molecule has 0 aromatic rings. The van der Waals surface area contributed by atoms with Crippen molar-refractivity contribution in [1.82, 2.24) is 0 Å². The summed E-state index contributed by atoms with van der Waals surface area (Å²) in [5.41, 5.74) is 0. The first kappa shape index (κ1) is 13.2. The molecule has 2 aliphatic rings. The molecule has 2 fully saturated rings. The molecule has 1 atom stereocenters. The molecule has 17 heavy (non-hydrogen) atoms. The summed E-state index contributed by atoms with van der Waals surface area (Å²) in [7, 11) is -0.968. The van der Waals surface area contributed by atoms with Crippen molar-refractivity contribution in [3.63, 3.8) is 0 Å². The monoisotopic (exact) mass is 258 g/mol. The molecule has 4 heteroatoms. The summed E-state index contributed by atoms with van der Waals surface area (Å²) in [6.45, 7) is 1.40. The molecule has 1 saturated carbocycles. The molecule has 1 heterocycles. The van der Waals surface area contributed by atoms with E-state index in [1.165, 1.54) is 19.3 Å². The largest absolute Gasteiger partial charge is 0.381 e. The predicted molar refractivity (Wildman–Crippen MR) is 68.4 cm³/mol. The fourth-order valence-electron chi connectivity index (χ4n) is 2.74. The Hall–Kier alpha value is -0.220. The summed E-state index contributed by atoms with van der Waals surface area (Å²) in [6, 6.07) is 0. The van der Waals surface area contributed by atoms with Crippen LogP contribution in [0, 0.1) is 5.92 Å². The van der Waals surface area contributed by atoms with Crippen molar-refractivity contribution in [3.05, 3.63) is 0 Å². The lowest BCUT2D eigenvalue weighted by Gasteiger charge is -2.23. The van der Waals surface area contributed by atoms with Crippen LogP contribution in [0.5, 0.6) is 0 Å². The Morgan fingerprint density at radius 2 is 1.71 bits per heavy atom. The number of carbonyl (C=O) groups excluding carboxylic acids is 1. The zero-order valence-electron chi connectivity index (χ0n) is 10.4. The van der Waals surface area contributed by atoms with E-state index in [0.717, 1.165) is 25.7 Å². The number of Topliss-reactive ketones (excluding diaryl/α,β-unsaturated/α-hetero) is 1. The fraction of sp³-hybridized carbons (Fsp3) is 0.923. The highest BCUT2D eigenvalue weighted by Crippen LogP contribution is 2.25. The average Bonchev–Trinajstić information content (AvgIpc) is 2.40. The molecule has 0 spiro atoms. The number of hydrogen-bond donors (Lipinski definition) is 0. The van der Waals surface area contributed by atoms with Crippen LogP contribution in [-0.4, -0.2) is 34.2 Å². The maximum atomic E-state index is 12.1. The molecular weight excluding hydrogens is 236 g/mol. The third-order valence-electron chi connectivity index (χ3n) is 3.89. The number of carbonyl (C=O) groups is 1. The first-order chi connectivity index (χ1) is 8.27. The van der Waals surface area contributed by atoms with Crippen LogP contribution in [0.4, 0.5) is 0 Å². The van der Waals surface area contributed by atoms with Gasteiger partial charge in [0.05, 0.1) is 5.75 Å². The van der Waals surface area contributed by atoms with E-state index in [-0.39, 0.29) is 22.7 Å². The Morgan fingerprint density at radius 3 is 2.35 bits per heavy atom. The molecule has 98 valence electrons. The average molecular weight is 258 g/mol. The van der Waals surface area contributed by atoms with Crippen LogP contribution in [0.2, 0.25) is 0 Å². The van der Waals surface area contributed by atoms with Crippen molar-refractivity contribution in [1.29, 1.82) is 0 Å². The Morgan fingerprint density at radius 1 is 1.06 bits per heavy atom. The second-order valence-electron chi connectivity index (χ2n) is 5.14. The van der Waals surface area contributed by atoms with Crippen molar-refractivity contribution in [2.24, 2.45) is 5.92 Å². The Balaban J connectivity index is 1.78. The molecule has 0 aromatic carbocycles. The van der Waals surface area contributed by atoms with Crippen molar-refractivity contribution in [2.75, 3.05) is 19.0 Å². The molecule has 0 N–H and O–H groups in total. The quantitative estimate of drug-likeness (QED) is 0.775. The topological polar surface area (TPSA) is 43.4 Å². The summed E-state index contributed by atoms with van der Waals surface area (Å²) < 4.78 is 17.3. The van der Waals surface area contributed by atoms with Crippen LogP contribution in [0.15, 0.2) is 0 Å². The summed E-state index contributed by atoms with van der Waals surface area (Å²) in [4.78, 5) is 12.0. The molecule has 0 aromatic heterocycles. The van der Waals surface area contributed by atoms with Gasteiger partial charge in [-0.1, -0.05) is 19.3 Å². The van der Waals surface area contributed by atoms with Crippen LogP contribution < -0.4 is 0 Å². The van der Waals surface area contributed by atoms with Gasteiger partial charge in [0.2, 0.25) is 0 Å². The van der Waals surface area contributed by atoms with E-state index in [4.69, 9.17) is 4.74 Å². The van der Waals surface area contributed by atoms with Crippen LogP contribution in [0.25, 0.3) is 0 Å². The Kier molecular flexibility index (Phi) is 5.16. The number of hydrogen-bond acceptors (Lipinski definition) is 3. The Labute approximate surface area is 106 Å². The molecule has 1 aliphatic heterocycles. The summed E-state index contributed by atoms with van der Waals surface area (Å²) in [5, 5.41) is 0.191. The predicted octanol–water partition coefficient (Wildman–Crippen LogP) is 2.06. The first-order valence-electron chi connectivity index (χ1n) is 6.75. The van der Waals surface area contributed by atoms with Crippen LogP contribution in [0.1, 0.15) is 44.9 Å². The molecule has 0 amide bonds. The smallest absolute Gasteiger partial charge is 0.148 e. The van der Waals surface area contributed by atoms with Gasteiger partial charge in [-0.15, -0.1) is 0 Å². The molecule has 1 aliphatic carbocycles. The maximum absolute atomic E-state index is 12.1. The molecule has 1 saturated heterocycles. The van der Waals surface area contributed by atoms with E-state index < -0.39 is 10.8 Å². The van der Waals surface area contributed by atoms with E-state index in [1.807, 2.05) is 0 Å². The summed E-state index contributed by atoms with van der Waals surface area (Å²) >= 11 is 0. The molecule has 0 bridgehead atoms. The number of ether oxygens (including phenoxy) is 1. The van der Waals surface area contributed by atoms with Gasteiger partial charge in [-0.05, 0) is 25.7 Å². The van der Waals surface area contributed by atoms with Crippen molar-refractivity contribution >= 4 is 16.6 Å². The fourth-order valence-corrected chi connectivity index (χ4v) is 4.21.